The highest BCUT2D eigenvalue weighted by molar-refractivity contribution is 6.31. The van der Waals surface area contributed by atoms with E-state index >= 15 is 0 Å². The molecular weight excluding hydrogens is 438 g/mol. The third kappa shape index (κ3) is 2.16. The standard InChI is InChI=1S/C29H27N3O3/c1-29-28(34-3)18(30-2)14-22(35-29)31-19-10-6-4-8-15(19)25-24-17(12-13-21(24)33)23-16-9-5-7-11-20(16)32(29)27(23)26(25)31/h4-11,18,22,28,30H,12-14H2,1-3H3/t18-,22-,28-,29-/m1/s1. The van der Waals surface area contributed by atoms with Gasteiger partial charge in [0.1, 0.15) is 12.3 Å². The van der Waals surface area contributed by atoms with Gasteiger partial charge in [0.2, 0.25) is 0 Å². The van der Waals surface area contributed by atoms with Gasteiger partial charge < -0.3 is 23.9 Å². The van der Waals surface area contributed by atoms with Gasteiger partial charge in [-0.15, -0.1) is 0 Å². The quantitative estimate of drug-likeness (QED) is 0.387. The van der Waals surface area contributed by atoms with Gasteiger partial charge in [0.05, 0.1) is 22.1 Å². The van der Waals surface area contributed by atoms with Crippen LogP contribution in [-0.4, -0.2) is 41.2 Å². The number of fused-ring (bicyclic) bond motifs is 13. The highest BCUT2D eigenvalue weighted by Crippen LogP contribution is 2.54. The van der Waals surface area contributed by atoms with Crippen molar-refractivity contribution in [2.45, 2.75) is 50.3 Å². The van der Waals surface area contributed by atoms with Crippen molar-refractivity contribution in [3.05, 3.63) is 59.7 Å². The first-order valence-electron chi connectivity index (χ1n) is 12.5. The van der Waals surface area contributed by atoms with E-state index in [9.17, 15) is 4.79 Å². The number of nitrogens with zero attached hydrogens (tertiary/aromatic N) is 2. The molecule has 0 unspecified atom stereocenters. The fourth-order valence-corrected chi connectivity index (χ4v) is 7.57. The number of Topliss-reactive ketones (excluding diaryl/α,β-unsaturated/α-hetero) is 1. The molecule has 1 saturated heterocycles. The average Bonchev–Trinajstić information content (AvgIpc) is 3.51. The van der Waals surface area contributed by atoms with E-state index in [1.165, 1.54) is 16.3 Å². The van der Waals surface area contributed by atoms with Crippen molar-refractivity contribution in [1.82, 2.24) is 14.5 Å². The number of aryl methyl sites for hydroxylation is 1. The van der Waals surface area contributed by atoms with Crippen LogP contribution in [0.5, 0.6) is 0 Å². The minimum Gasteiger partial charge on any atom is -0.375 e. The Hall–Kier alpha value is -3.19. The second-order valence-corrected chi connectivity index (χ2v) is 10.4. The molecular formula is C29H27N3O3. The second-order valence-electron chi connectivity index (χ2n) is 10.4. The van der Waals surface area contributed by atoms with Crippen LogP contribution in [0.1, 0.15) is 41.9 Å². The van der Waals surface area contributed by atoms with Crippen LogP contribution >= 0.6 is 0 Å². The molecule has 1 fully saturated rings. The number of para-hydroxylation sites is 2. The van der Waals surface area contributed by atoms with Crippen LogP contribution in [0, 0.1) is 0 Å². The molecule has 2 bridgehead atoms. The number of hydrogen-bond donors (Lipinski definition) is 1. The lowest BCUT2D eigenvalue weighted by Gasteiger charge is -2.48. The van der Waals surface area contributed by atoms with E-state index in [4.69, 9.17) is 9.47 Å². The maximum atomic E-state index is 13.4. The minimum atomic E-state index is -0.739. The molecule has 0 spiro atoms. The van der Waals surface area contributed by atoms with Gasteiger partial charge in [-0.2, -0.15) is 0 Å². The van der Waals surface area contributed by atoms with Crippen molar-refractivity contribution in [2.24, 2.45) is 0 Å². The van der Waals surface area contributed by atoms with Crippen LogP contribution in [0.15, 0.2) is 48.5 Å². The smallest absolute Gasteiger partial charge is 0.173 e. The van der Waals surface area contributed by atoms with E-state index in [2.05, 4.69) is 69.9 Å². The lowest BCUT2D eigenvalue weighted by atomic mass is 9.93. The van der Waals surface area contributed by atoms with Crippen molar-refractivity contribution in [1.29, 1.82) is 0 Å². The Morgan fingerprint density at radius 2 is 1.71 bits per heavy atom. The zero-order valence-corrected chi connectivity index (χ0v) is 20.1. The number of aromatic nitrogens is 2. The number of rotatable bonds is 2. The number of carbonyl (C=O) groups is 1. The molecule has 2 aromatic heterocycles. The Morgan fingerprint density at radius 1 is 1.00 bits per heavy atom. The molecule has 3 aliphatic rings. The summed E-state index contributed by atoms with van der Waals surface area (Å²) >= 11 is 0. The summed E-state index contributed by atoms with van der Waals surface area (Å²) < 4.78 is 18.0. The second kappa shape index (κ2) is 6.52. The number of nitrogens with one attached hydrogen (secondary N) is 1. The number of methoxy groups -OCH3 is 1. The van der Waals surface area contributed by atoms with Crippen molar-refractivity contribution >= 4 is 49.4 Å². The molecule has 2 aliphatic heterocycles. The van der Waals surface area contributed by atoms with Gasteiger partial charge in [-0.05, 0) is 38.1 Å². The SMILES string of the molecule is CN[C@@H]1C[C@H]2O[C@](C)([C@@H]1OC)n1c3ccccc3c3c4c(c5c6ccccc6n2c5c31)C(=O)CC4. The topological polar surface area (TPSA) is 57.4 Å². The number of ether oxygens (including phenoxy) is 2. The van der Waals surface area contributed by atoms with Gasteiger partial charge in [0.15, 0.2) is 11.5 Å². The van der Waals surface area contributed by atoms with Crippen LogP contribution in [0.3, 0.4) is 0 Å². The third-order valence-electron chi connectivity index (χ3n) is 8.82. The molecule has 6 nitrogen and oxygen atoms in total. The molecule has 4 atom stereocenters. The first-order chi connectivity index (χ1) is 17.1. The Morgan fingerprint density at radius 3 is 2.46 bits per heavy atom. The fourth-order valence-electron chi connectivity index (χ4n) is 7.57. The minimum absolute atomic E-state index is 0.0963. The average molecular weight is 466 g/mol. The van der Waals surface area contributed by atoms with E-state index in [1.54, 1.807) is 7.11 Å². The highest BCUT2D eigenvalue weighted by Gasteiger charge is 2.53. The van der Waals surface area contributed by atoms with Gasteiger partial charge in [0, 0.05) is 53.1 Å². The number of benzene rings is 3. The predicted octanol–water partition coefficient (Wildman–Crippen LogP) is 5.24. The first-order valence-corrected chi connectivity index (χ1v) is 12.5. The van der Waals surface area contributed by atoms with Gasteiger partial charge in [0.25, 0.3) is 0 Å². The highest BCUT2D eigenvalue weighted by atomic mass is 16.6. The van der Waals surface area contributed by atoms with Gasteiger partial charge >= 0.3 is 0 Å². The summed E-state index contributed by atoms with van der Waals surface area (Å²) in [6.07, 6.45) is 1.74. The molecule has 1 aliphatic carbocycles. The first kappa shape index (κ1) is 20.0. The molecule has 3 aromatic carbocycles. The molecule has 35 heavy (non-hydrogen) atoms. The zero-order chi connectivity index (χ0) is 23.6. The molecule has 1 N–H and O–H groups in total. The van der Waals surface area contributed by atoms with Crippen molar-refractivity contribution in [3.63, 3.8) is 0 Å². The molecule has 8 rings (SSSR count). The summed E-state index contributed by atoms with van der Waals surface area (Å²) in [6.45, 7) is 2.17. The van der Waals surface area contributed by atoms with E-state index in [0.29, 0.717) is 6.42 Å². The maximum absolute atomic E-state index is 13.4. The zero-order valence-electron chi connectivity index (χ0n) is 20.1. The summed E-state index contributed by atoms with van der Waals surface area (Å²) in [5.41, 5.74) is 5.89. The van der Waals surface area contributed by atoms with E-state index in [0.717, 1.165) is 51.2 Å². The van der Waals surface area contributed by atoms with Crippen LogP contribution in [0.2, 0.25) is 0 Å². The van der Waals surface area contributed by atoms with Gasteiger partial charge in [-0.3, -0.25) is 4.79 Å². The van der Waals surface area contributed by atoms with Crippen molar-refractivity contribution < 1.29 is 14.3 Å². The van der Waals surface area contributed by atoms with Crippen LogP contribution < -0.4 is 5.32 Å². The lowest BCUT2D eigenvalue weighted by Crippen LogP contribution is -2.59. The molecule has 0 radical (unpaired) electrons. The number of hydrogen-bond acceptors (Lipinski definition) is 4. The molecule has 0 amide bonds. The number of likely N-dealkylation sites (N-methyl/N-ethyl adjacent to an activating group) is 1. The third-order valence-corrected chi connectivity index (χ3v) is 8.82. The number of carbonyl (C=O) groups excluding carboxylic acids is 1. The van der Waals surface area contributed by atoms with E-state index < -0.39 is 5.72 Å². The summed E-state index contributed by atoms with van der Waals surface area (Å²) in [6, 6.07) is 17.2. The monoisotopic (exact) mass is 465 g/mol. The Kier molecular flexibility index (Phi) is 3.73. The Balaban J connectivity index is 1.72. The lowest BCUT2D eigenvalue weighted by molar-refractivity contribution is -0.256. The molecule has 0 saturated carbocycles. The molecule has 6 heteroatoms. The Bertz CT molecular complexity index is 1740. The summed E-state index contributed by atoms with van der Waals surface area (Å²) in [5, 5.41) is 8.12. The summed E-state index contributed by atoms with van der Waals surface area (Å²) in [7, 11) is 3.79. The summed E-state index contributed by atoms with van der Waals surface area (Å²) in [4.78, 5) is 13.4. The molecule has 5 aromatic rings. The van der Waals surface area contributed by atoms with Crippen LogP contribution in [0.4, 0.5) is 0 Å². The Labute approximate surface area is 202 Å². The summed E-state index contributed by atoms with van der Waals surface area (Å²) in [5.74, 6) is 0.254. The number of ketones is 1. The molecule has 4 heterocycles. The maximum Gasteiger partial charge on any atom is 0.173 e. The van der Waals surface area contributed by atoms with Gasteiger partial charge in [-0.25, -0.2) is 0 Å². The predicted molar refractivity (Wildman–Crippen MR) is 137 cm³/mol. The van der Waals surface area contributed by atoms with Crippen molar-refractivity contribution in [2.75, 3.05) is 14.2 Å². The van der Waals surface area contributed by atoms with E-state index in [1.807, 2.05) is 7.05 Å². The fraction of sp³-hybridized carbons (Fsp3) is 0.345. The van der Waals surface area contributed by atoms with Gasteiger partial charge in [-0.1, -0.05) is 36.4 Å². The van der Waals surface area contributed by atoms with Crippen LogP contribution in [0.25, 0.3) is 43.6 Å². The van der Waals surface area contributed by atoms with Crippen molar-refractivity contribution in [3.8, 4) is 0 Å². The normalized spacial score (nSPS) is 27.5. The molecule has 176 valence electrons. The van der Waals surface area contributed by atoms with E-state index in [-0.39, 0.29) is 24.2 Å². The largest absolute Gasteiger partial charge is 0.375 e. The van der Waals surface area contributed by atoms with Crippen LogP contribution in [-0.2, 0) is 21.6 Å².